The smallest absolute Gasteiger partial charge is 0.335 e. The van der Waals surface area contributed by atoms with Crippen molar-refractivity contribution < 1.29 is 19.5 Å². The lowest BCUT2D eigenvalue weighted by molar-refractivity contribution is 0.0696. The molecule has 0 bridgehead atoms. The minimum absolute atomic E-state index is 0.0386. The molecule has 0 radical (unpaired) electrons. The third-order valence-electron chi connectivity index (χ3n) is 3.08. The van der Waals surface area contributed by atoms with E-state index >= 15 is 0 Å². The summed E-state index contributed by atoms with van der Waals surface area (Å²) in [6.07, 6.45) is 0.657. The predicted molar refractivity (Wildman–Crippen MR) is 73.8 cm³/mol. The molecule has 21 heavy (non-hydrogen) atoms. The Hall–Kier alpha value is -2.61. The molecule has 0 saturated heterocycles. The molecule has 0 fully saturated rings. The fraction of sp³-hybridized carbons (Fsp3) is 0.154. The van der Waals surface area contributed by atoms with Crippen molar-refractivity contribution in [2.75, 3.05) is 4.90 Å². The Balaban J connectivity index is 2.06. The maximum atomic E-state index is 12.3. The summed E-state index contributed by atoms with van der Waals surface area (Å²) in [5.74, 6) is -2.23. The number of aromatic carboxylic acids is 1. The number of imide groups is 1. The Bertz CT molecular complexity index is 783. The number of aryl methyl sites for hydroxylation is 1. The van der Waals surface area contributed by atoms with Crippen molar-refractivity contribution in [3.8, 4) is 0 Å². The molecule has 8 heteroatoms. The van der Waals surface area contributed by atoms with Gasteiger partial charge in [0.15, 0.2) is 0 Å². The highest BCUT2D eigenvalue weighted by Crippen LogP contribution is 2.31. The van der Waals surface area contributed by atoms with E-state index in [4.69, 9.17) is 5.11 Å². The van der Waals surface area contributed by atoms with E-state index in [2.05, 4.69) is 10.2 Å². The fourth-order valence-electron chi connectivity index (χ4n) is 2.03. The number of hydrogen-bond donors (Lipinski definition) is 1. The SMILES string of the molecule is CCc1nnc(N2C(=O)c3ccc(C(=O)O)cc3C2=O)s1. The summed E-state index contributed by atoms with van der Waals surface area (Å²) in [7, 11) is 0. The minimum Gasteiger partial charge on any atom is -0.478 e. The number of carbonyl (C=O) groups is 3. The third kappa shape index (κ3) is 2.00. The van der Waals surface area contributed by atoms with Crippen LogP contribution in [0.25, 0.3) is 0 Å². The van der Waals surface area contributed by atoms with Gasteiger partial charge in [-0.25, -0.2) is 9.69 Å². The number of anilines is 1. The molecule has 106 valence electrons. The number of fused-ring (bicyclic) bond motifs is 1. The van der Waals surface area contributed by atoms with Gasteiger partial charge in [-0.2, -0.15) is 0 Å². The van der Waals surface area contributed by atoms with Crippen LogP contribution in [0, 0.1) is 0 Å². The third-order valence-corrected chi connectivity index (χ3v) is 4.14. The number of hydrogen-bond acceptors (Lipinski definition) is 6. The van der Waals surface area contributed by atoms with Gasteiger partial charge in [0.2, 0.25) is 5.13 Å². The standard InChI is InChI=1S/C13H9N3O4S/c1-2-9-14-15-13(21-9)16-10(17)7-4-3-6(12(19)20)5-8(7)11(16)18/h3-5H,2H2,1H3,(H,19,20). The molecule has 1 aromatic carbocycles. The number of carboxylic acids is 1. The zero-order valence-electron chi connectivity index (χ0n) is 10.9. The van der Waals surface area contributed by atoms with Crippen molar-refractivity contribution in [1.29, 1.82) is 0 Å². The number of amides is 2. The van der Waals surface area contributed by atoms with Crippen molar-refractivity contribution in [3.05, 3.63) is 39.9 Å². The largest absolute Gasteiger partial charge is 0.478 e. The van der Waals surface area contributed by atoms with E-state index in [1.54, 1.807) is 0 Å². The van der Waals surface area contributed by atoms with Crippen LogP contribution in [-0.2, 0) is 6.42 Å². The quantitative estimate of drug-likeness (QED) is 0.864. The first kappa shape index (κ1) is 13.4. The molecule has 3 rings (SSSR count). The van der Waals surface area contributed by atoms with Crippen LogP contribution in [0.3, 0.4) is 0 Å². The van der Waals surface area contributed by atoms with E-state index in [0.29, 0.717) is 11.4 Å². The summed E-state index contributed by atoms with van der Waals surface area (Å²) in [5, 5.41) is 17.6. The van der Waals surface area contributed by atoms with Crippen LogP contribution in [0.4, 0.5) is 5.13 Å². The molecule has 1 aliphatic heterocycles. The van der Waals surface area contributed by atoms with Gasteiger partial charge < -0.3 is 5.11 Å². The molecule has 0 aliphatic carbocycles. The van der Waals surface area contributed by atoms with Gasteiger partial charge in [-0.3, -0.25) is 9.59 Å². The fourth-order valence-corrected chi connectivity index (χ4v) is 2.80. The maximum Gasteiger partial charge on any atom is 0.335 e. The summed E-state index contributed by atoms with van der Waals surface area (Å²) in [6, 6.07) is 3.86. The van der Waals surface area contributed by atoms with E-state index in [1.165, 1.54) is 18.2 Å². The van der Waals surface area contributed by atoms with Gasteiger partial charge in [0.1, 0.15) is 5.01 Å². The van der Waals surface area contributed by atoms with Gasteiger partial charge in [0.25, 0.3) is 11.8 Å². The molecule has 2 amide bonds. The molecule has 0 spiro atoms. The number of aromatic nitrogens is 2. The van der Waals surface area contributed by atoms with Crippen LogP contribution in [0.15, 0.2) is 18.2 Å². The molecule has 2 heterocycles. The molecule has 0 saturated carbocycles. The minimum atomic E-state index is -1.15. The molecule has 0 unspecified atom stereocenters. The van der Waals surface area contributed by atoms with Crippen molar-refractivity contribution in [2.45, 2.75) is 13.3 Å². The molecule has 1 N–H and O–H groups in total. The molecular formula is C13H9N3O4S. The number of carboxylic acid groups (broad SMARTS) is 1. The number of nitrogens with zero attached hydrogens (tertiary/aromatic N) is 3. The van der Waals surface area contributed by atoms with Crippen molar-refractivity contribution in [2.24, 2.45) is 0 Å². The van der Waals surface area contributed by atoms with Gasteiger partial charge >= 0.3 is 5.97 Å². The number of carbonyl (C=O) groups excluding carboxylic acids is 2. The average molecular weight is 303 g/mol. The second-order valence-corrected chi connectivity index (χ2v) is 5.38. The Labute approximate surface area is 122 Å². The van der Waals surface area contributed by atoms with Crippen LogP contribution in [0.2, 0.25) is 0 Å². The predicted octanol–water partition coefficient (Wildman–Crippen LogP) is 1.60. The van der Waals surface area contributed by atoms with Gasteiger partial charge in [-0.05, 0) is 24.6 Å². The Kier molecular flexibility index (Phi) is 3.02. The lowest BCUT2D eigenvalue weighted by Crippen LogP contribution is -2.29. The lowest BCUT2D eigenvalue weighted by Gasteiger charge is -2.07. The summed E-state index contributed by atoms with van der Waals surface area (Å²) in [6.45, 7) is 1.89. The summed E-state index contributed by atoms with van der Waals surface area (Å²) in [5.41, 5.74) is 0.217. The summed E-state index contributed by atoms with van der Waals surface area (Å²) < 4.78 is 0. The zero-order valence-corrected chi connectivity index (χ0v) is 11.7. The van der Waals surface area contributed by atoms with E-state index in [0.717, 1.165) is 16.2 Å². The topological polar surface area (TPSA) is 100 Å². The number of benzene rings is 1. The van der Waals surface area contributed by atoms with Crippen LogP contribution in [0.1, 0.15) is 43.0 Å². The highest BCUT2D eigenvalue weighted by atomic mass is 32.1. The van der Waals surface area contributed by atoms with Gasteiger partial charge in [0.05, 0.1) is 16.7 Å². The molecule has 0 atom stereocenters. The zero-order chi connectivity index (χ0) is 15.1. The van der Waals surface area contributed by atoms with Gasteiger partial charge in [-0.1, -0.05) is 18.3 Å². The number of rotatable bonds is 3. The molecule has 1 aliphatic rings. The highest BCUT2D eigenvalue weighted by Gasteiger charge is 2.39. The summed E-state index contributed by atoms with van der Waals surface area (Å²) in [4.78, 5) is 36.5. The average Bonchev–Trinajstić information content (AvgIpc) is 3.03. The molecule has 1 aromatic heterocycles. The van der Waals surface area contributed by atoms with Crippen LogP contribution < -0.4 is 4.90 Å². The van der Waals surface area contributed by atoms with E-state index in [9.17, 15) is 14.4 Å². The lowest BCUT2D eigenvalue weighted by atomic mass is 10.1. The van der Waals surface area contributed by atoms with Crippen LogP contribution in [-0.4, -0.2) is 33.1 Å². The first-order valence-electron chi connectivity index (χ1n) is 6.11. The molecule has 7 nitrogen and oxygen atoms in total. The molecular weight excluding hydrogens is 294 g/mol. The van der Waals surface area contributed by atoms with Gasteiger partial charge in [0, 0.05) is 0 Å². The van der Waals surface area contributed by atoms with Crippen molar-refractivity contribution in [3.63, 3.8) is 0 Å². The summed E-state index contributed by atoms with van der Waals surface area (Å²) >= 11 is 1.16. The second kappa shape index (κ2) is 4.74. The highest BCUT2D eigenvalue weighted by molar-refractivity contribution is 7.15. The van der Waals surface area contributed by atoms with Crippen LogP contribution in [0.5, 0.6) is 0 Å². The van der Waals surface area contributed by atoms with Crippen molar-refractivity contribution in [1.82, 2.24) is 10.2 Å². The van der Waals surface area contributed by atoms with E-state index in [-0.39, 0.29) is 21.8 Å². The first-order valence-corrected chi connectivity index (χ1v) is 6.93. The van der Waals surface area contributed by atoms with Gasteiger partial charge in [-0.15, -0.1) is 10.2 Å². The van der Waals surface area contributed by atoms with Crippen molar-refractivity contribution >= 4 is 34.3 Å². The monoisotopic (exact) mass is 303 g/mol. The van der Waals surface area contributed by atoms with E-state index < -0.39 is 17.8 Å². The van der Waals surface area contributed by atoms with Crippen LogP contribution >= 0.6 is 11.3 Å². The Morgan fingerprint density at radius 2 is 1.95 bits per heavy atom. The Morgan fingerprint density at radius 1 is 1.24 bits per heavy atom. The van der Waals surface area contributed by atoms with E-state index in [1.807, 2.05) is 6.92 Å². The molecule has 2 aromatic rings. The second-order valence-electron chi connectivity index (χ2n) is 4.34. The normalized spacial score (nSPS) is 13.7. The first-order chi connectivity index (χ1) is 10.0. The maximum absolute atomic E-state index is 12.3. The Morgan fingerprint density at radius 3 is 2.57 bits per heavy atom.